The first-order valence-electron chi connectivity index (χ1n) is 7.42. The lowest BCUT2D eigenvalue weighted by atomic mass is 10.2. The number of thiazole rings is 2. The Kier molecular flexibility index (Phi) is 4.93. The van der Waals surface area contributed by atoms with Crippen LogP contribution in [0.25, 0.3) is 5.57 Å². The van der Waals surface area contributed by atoms with E-state index in [-0.39, 0.29) is 0 Å². The molecule has 3 heterocycles. The summed E-state index contributed by atoms with van der Waals surface area (Å²) in [6, 6.07) is 0. The number of anilines is 1. The van der Waals surface area contributed by atoms with Crippen LogP contribution in [0.5, 0.6) is 0 Å². The van der Waals surface area contributed by atoms with Gasteiger partial charge >= 0.3 is 0 Å². The van der Waals surface area contributed by atoms with Crippen LogP contribution in [0.3, 0.4) is 0 Å². The standard InChI is InChI=1S/C17H19N3OS2/c1-11-6-7-21-15(11)5-4-12(2)16-20-14(10-22-16)8-18-17-19-13(3)9-23-17/h4-5,9-10H,2,6-8H2,1,3H3,(H,18,19). The largest absolute Gasteiger partial charge is 0.493 e. The van der Waals surface area contributed by atoms with Gasteiger partial charge in [0, 0.05) is 22.8 Å². The van der Waals surface area contributed by atoms with Crippen LogP contribution in [-0.2, 0) is 11.3 Å². The van der Waals surface area contributed by atoms with Crippen molar-refractivity contribution in [1.29, 1.82) is 0 Å². The Morgan fingerprint density at radius 2 is 2.22 bits per heavy atom. The Labute approximate surface area is 144 Å². The molecule has 0 saturated heterocycles. The van der Waals surface area contributed by atoms with E-state index < -0.39 is 0 Å². The van der Waals surface area contributed by atoms with Crippen molar-refractivity contribution in [2.75, 3.05) is 11.9 Å². The number of rotatable bonds is 6. The first-order chi connectivity index (χ1) is 11.1. The van der Waals surface area contributed by atoms with Crippen molar-refractivity contribution < 1.29 is 4.74 Å². The molecule has 0 saturated carbocycles. The number of ether oxygens (including phenoxy) is 1. The fourth-order valence-corrected chi connectivity index (χ4v) is 3.60. The van der Waals surface area contributed by atoms with Gasteiger partial charge in [0.15, 0.2) is 5.13 Å². The summed E-state index contributed by atoms with van der Waals surface area (Å²) in [5, 5.41) is 9.24. The number of nitrogens with zero attached hydrogens (tertiary/aromatic N) is 2. The molecule has 0 radical (unpaired) electrons. The third-order valence-corrected chi connectivity index (χ3v) is 5.34. The number of hydrogen-bond acceptors (Lipinski definition) is 6. The second-order valence-electron chi connectivity index (χ2n) is 5.39. The quantitative estimate of drug-likeness (QED) is 0.765. The Morgan fingerprint density at radius 1 is 1.35 bits per heavy atom. The van der Waals surface area contributed by atoms with Crippen molar-refractivity contribution >= 4 is 33.4 Å². The highest BCUT2D eigenvalue weighted by Gasteiger charge is 2.09. The van der Waals surface area contributed by atoms with Gasteiger partial charge in [0.25, 0.3) is 0 Å². The van der Waals surface area contributed by atoms with E-state index in [9.17, 15) is 0 Å². The molecule has 23 heavy (non-hydrogen) atoms. The van der Waals surface area contributed by atoms with Crippen LogP contribution < -0.4 is 5.32 Å². The Balaban J connectivity index is 1.59. The number of allylic oxidation sites excluding steroid dienone is 3. The second kappa shape index (κ2) is 7.10. The van der Waals surface area contributed by atoms with Crippen LogP contribution in [0.1, 0.15) is 29.7 Å². The highest BCUT2D eigenvalue weighted by Crippen LogP contribution is 2.24. The molecule has 1 aliphatic rings. The predicted molar refractivity (Wildman–Crippen MR) is 97.7 cm³/mol. The average molecular weight is 345 g/mol. The Bertz CT molecular complexity index is 770. The van der Waals surface area contributed by atoms with Gasteiger partial charge < -0.3 is 10.1 Å². The maximum absolute atomic E-state index is 5.57. The summed E-state index contributed by atoms with van der Waals surface area (Å²) in [4.78, 5) is 9.01. The van der Waals surface area contributed by atoms with E-state index in [1.807, 2.05) is 24.5 Å². The van der Waals surface area contributed by atoms with E-state index >= 15 is 0 Å². The Morgan fingerprint density at radius 3 is 2.91 bits per heavy atom. The van der Waals surface area contributed by atoms with Crippen LogP contribution in [0.4, 0.5) is 5.13 Å². The number of hydrogen-bond donors (Lipinski definition) is 1. The van der Waals surface area contributed by atoms with Gasteiger partial charge in [0.1, 0.15) is 10.8 Å². The van der Waals surface area contributed by atoms with E-state index in [0.29, 0.717) is 6.54 Å². The third-order valence-electron chi connectivity index (χ3n) is 3.46. The molecular weight excluding hydrogens is 326 g/mol. The topological polar surface area (TPSA) is 47.0 Å². The molecule has 0 aliphatic carbocycles. The molecule has 1 aliphatic heterocycles. The van der Waals surface area contributed by atoms with Gasteiger partial charge in [0.05, 0.1) is 24.5 Å². The lowest BCUT2D eigenvalue weighted by Gasteiger charge is -1.99. The zero-order chi connectivity index (χ0) is 16.2. The van der Waals surface area contributed by atoms with E-state index in [4.69, 9.17) is 4.74 Å². The molecular formula is C17H19N3OS2. The molecule has 4 nitrogen and oxygen atoms in total. The molecule has 0 aromatic carbocycles. The summed E-state index contributed by atoms with van der Waals surface area (Å²) in [7, 11) is 0. The minimum Gasteiger partial charge on any atom is -0.493 e. The molecule has 120 valence electrons. The molecule has 6 heteroatoms. The third kappa shape index (κ3) is 4.09. The normalized spacial score (nSPS) is 14.5. The van der Waals surface area contributed by atoms with Gasteiger partial charge in [-0.25, -0.2) is 9.97 Å². The summed E-state index contributed by atoms with van der Waals surface area (Å²) in [5.74, 6) is 0.962. The van der Waals surface area contributed by atoms with Gasteiger partial charge in [-0.1, -0.05) is 6.58 Å². The molecule has 0 fully saturated rings. The van der Waals surface area contributed by atoms with Crippen molar-refractivity contribution in [1.82, 2.24) is 9.97 Å². The van der Waals surface area contributed by atoms with Gasteiger partial charge in [-0.15, -0.1) is 22.7 Å². The van der Waals surface area contributed by atoms with E-state index in [0.717, 1.165) is 45.9 Å². The molecule has 3 rings (SSSR count). The molecule has 2 aromatic rings. The van der Waals surface area contributed by atoms with Crippen LogP contribution >= 0.6 is 22.7 Å². The summed E-state index contributed by atoms with van der Waals surface area (Å²) >= 11 is 3.22. The lowest BCUT2D eigenvalue weighted by Crippen LogP contribution is -1.99. The van der Waals surface area contributed by atoms with Gasteiger partial charge in [0.2, 0.25) is 0 Å². The minimum absolute atomic E-state index is 0.674. The van der Waals surface area contributed by atoms with Crippen LogP contribution in [0, 0.1) is 6.92 Å². The highest BCUT2D eigenvalue weighted by molar-refractivity contribution is 7.13. The van der Waals surface area contributed by atoms with Gasteiger partial charge in [-0.05, 0) is 31.6 Å². The van der Waals surface area contributed by atoms with Crippen LogP contribution in [0.15, 0.2) is 40.8 Å². The predicted octanol–water partition coefficient (Wildman–Crippen LogP) is 4.78. The summed E-state index contributed by atoms with van der Waals surface area (Å²) in [6.45, 7) is 9.64. The average Bonchev–Trinajstić information content (AvgIpc) is 3.24. The van der Waals surface area contributed by atoms with Gasteiger partial charge in [-0.2, -0.15) is 0 Å². The van der Waals surface area contributed by atoms with Crippen molar-refractivity contribution in [3.8, 4) is 0 Å². The number of aryl methyl sites for hydroxylation is 1. The molecule has 0 bridgehead atoms. The smallest absolute Gasteiger partial charge is 0.183 e. The first-order valence-corrected chi connectivity index (χ1v) is 9.18. The molecule has 0 amide bonds. The molecule has 0 atom stereocenters. The monoisotopic (exact) mass is 345 g/mol. The molecule has 0 unspecified atom stereocenters. The molecule has 2 aromatic heterocycles. The van der Waals surface area contributed by atoms with Crippen molar-refractivity contribution in [3.63, 3.8) is 0 Å². The number of aromatic nitrogens is 2. The zero-order valence-corrected chi connectivity index (χ0v) is 14.9. The van der Waals surface area contributed by atoms with Crippen LogP contribution in [-0.4, -0.2) is 16.6 Å². The van der Waals surface area contributed by atoms with Crippen molar-refractivity contribution in [2.24, 2.45) is 0 Å². The molecule has 0 spiro atoms. The summed E-state index contributed by atoms with van der Waals surface area (Å²) in [6.07, 6.45) is 4.97. The first kappa shape index (κ1) is 16.0. The summed E-state index contributed by atoms with van der Waals surface area (Å²) in [5.41, 5.74) is 4.23. The van der Waals surface area contributed by atoms with E-state index in [2.05, 4.69) is 34.2 Å². The SMILES string of the molecule is C=C(C=CC1=C(C)CCO1)c1nc(CNc2nc(C)cs2)cs1. The molecule has 1 N–H and O–H groups in total. The maximum atomic E-state index is 5.57. The number of nitrogens with one attached hydrogen (secondary N) is 1. The maximum Gasteiger partial charge on any atom is 0.183 e. The van der Waals surface area contributed by atoms with Crippen LogP contribution in [0.2, 0.25) is 0 Å². The van der Waals surface area contributed by atoms with Gasteiger partial charge in [-0.3, -0.25) is 0 Å². The second-order valence-corrected chi connectivity index (χ2v) is 7.11. The highest BCUT2D eigenvalue weighted by atomic mass is 32.1. The lowest BCUT2D eigenvalue weighted by molar-refractivity contribution is 0.257. The van der Waals surface area contributed by atoms with Crippen molar-refractivity contribution in [3.05, 3.63) is 57.2 Å². The zero-order valence-electron chi connectivity index (χ0n) is 13.3. The minimum atomic E-state index is 0.674. The fraction of sp³-hybridized carbons (Fsp3) is 0.294. The van der Waals surface area contributed by atoms with E-state index in [1.54, 1.807) is 22.7 Å². The van der Waals surface area contributed by atoms with Crippen molar-refractivity contribution in [2.45, 2.75) is 26.8 Å². The van der Waals surface area contributed by atoms with E-state index in [1.165, 1.54) is 5.57 Å². The summed E-state index contributed by atoms with van der Waals surface area (Å²) < 4.78 is 5.57. The Hall–Kier alpha value is -1.92. The fourth-order valence-electron chi connectivity index (χ4n) is 2.14.